The highest BCUT2D eigenvalue weighted by atomic mass is 31.2. The summed E-state index contributed by atoms with van der Waals surface area (Å²) in [6.45, 7) is 5.16. The lowest BCUT2D eigenvalue weighted by Crippen LogP contribution is -2.35. The number of benzene rings is 2. The molecule has 212 valence electrons. The lowest BCUT2D eigenvalue weighted by atomic mass is 10.1. The van der Waals surface area contributed by atoms with Crippen LogP contribution in [0.1, 0.15) is 33.4 Å². The summed E-state index contributed by atoms with van der Waals surface area (Å²) >= 11 is 0. The highest BCUT2D eigenvalue weighted by Gasteiger charge is 2.37. The molecule has 0 saturated carbocycles. The van der Waals surface area contributed by atoms with Crippen LogP contribution in [0.5, 0.6) is 5.75 Å². The Bertz CT molecular complexity index is 1550. The smallest absolute Gasteiger partial charge is 0.323 e. The number of H-pyrrole nitrogens is 1. The summed E-state index contributed by atoms with van der Waals surface area (Å²) in [6.07, 6.45) is -0.919. The van der Waals surface area contributed by atoms with Crippen LogP contribution >= 0.6 is 8.53 Å². The van der Waals surface area contributed by atoms with Crippen molar-refractivity contribution in [3.63, 3.8) is 0 Å². The summed E-state index contributed by atoms with van der Waals surface area (Å²) in [5, 5.41) is 15.7. The van der Waals surface area contributed by atoms with Gasteiger partial charge in [0.25, 0.3) is 5.56 Å². The molecule has 0 aliphatic carbocycles. The minimum Gasteiger partial charge on any atom is -0.462 e. The van der Waals surface area contributed by atoms with Crippen LogP contribution in [0.15, 0.2) is 53.6 Å². The number of esters is 1. The number of nitrogen functional groups attached to an aromatic ring is 1. The number of aliphatic hydroxyl groups excluding tert-OH is 1. The summed E-state index contributed by atoms with van der Waals surface area (Å²) < 4.78 is 25.3. The number of imidazole rings is 1. The maximum Gasteiger partial charge on any atom is 0.323 e. The number of nitrogens with one attached hydrogen (secondary N) is 2. The van der Waals surface area contributed by atoms with Crippen molar-refractivity contribution in [3.05, 3.63) is 59.1 Å². The number of aromatic nitrogens is 4. The van der Waals surface area contributed by atoms with Gasteiger partial charge in [-0.25, -0.2) is 10.1 Å². The number of nitrogens with zero attached hydrogens (tertiary/aromatic N) is 3. The third-order valence-corrected chi connectivity index (χ3v) is 7.60. The van der Waals surface area contributed by atoms with Gasteiger partial charge in [-0.3, -0.25) is 19.1 Å². The summed E-state index contributed by atoms with van der Waals surface area (Å²) in [4.78, 5) is 35.3. The first-order valence-electron chi connectivity index (χ1n) is 12.8. The van der Waals surface area contributed by atoms with E-state index >= 15 is 0 Å². The summed E-state index contributed by atoms with van der Waals surface area (Å²) in [5.41, 5.74) is 5.60. The Kier molecular flexibility index (Phi) is 8.29. The van der Waals surface area contributed by atoms with Crippen LogP contribution in [-0.2, 0) is 18.8 Å². The molecule has 2 aromatic heterocycles. The maximum atomic E-state index is 12.5. The Hall–Kier alpha value is -3.61. The lowest BCUT2D eigenvalue weighted by Gasteiger charge is -2.24. The fraction of sp³-hybridized carbons (Fsp3) is 0.385. The van der Waals surface area contributed by atoms with Gasteiger partial charge in [-0.2, -0.15) is 4.98 Å². The number of carbonyl (C=O) groups is 1. The van der Waals surface area contributed by atoms with Crippen LogP contribution in [0, 0.1) is 0 Å². The van der Waals surface area contributed by atoms with Crippen molar-refractivity contribution in [2.45, 2.75) is 57.8 Å². The second-order valence-electron chi connectivity index (χ2n) is 9.67. The first-order chi connectivity index (χ1) is 19.2. The molecule has 0 radical (unpaired) electrons. The second-order valence-corrected chi connectivity index (χ2v) is 10.9. The van der Waals surface area contributed by atoms with E-state index in [-0.39, 0.29) is 36.2 Å². The van der Waals surface area contributed by atoms with E-state index in [0.717, 1.165) is 10.8 Å². The van der Waals surface area contributed by atoms with Crippen LogP contribution in [-0.4, -0.2) is 61.6 Å². The maximum absolute atomic E-state index is 12.5. The molecule has 3 heterocycles. The van der Waals surface area contributed by atoms with Gasteiger partial charge < -0.3 is 29.4 Å². The van der Waals surface area contributed by atoms with Gasteiger partial charge in [-0.05, 0) is 32.2 Å². The van der Waals surface area contributed by atoms with E-state index in [1.54, 1.807) is 25.3 Å². The fourth-order valence-corrected chi connectivity index (χ4v) is 5.55. The predicted molar refractivity (Wildman–Crippen MR) is 148 cm³/mol. The molecule has 0 bridgehead atoms. The molecule has 1 saturated heterocycles. The monoisotopic (exact) mass is 570 g/mol. The van der Waals surface area contributed by atoms with Gasteiger partial charge in [-0.1, -0.05) is 36.4 Å². The molecule has 5 N–H and O–H groups in total. The minimum atomic E-state index is -1.87. The Morgan fingerprint density at radius 2 is 2.05 bits per heavy atom. The van der Waals surface area contributed by atoms with Crippen molar-refractivity contribution in [3.8, 4) is 5.75 Å². The lowest BCUT2D eigenvalue weighted by molar-refractivity contribution is -0.149. The van der Waals surface area contributed by atoms with E-state index in [2.05, 4.69) is 20.0 Å². The minimum absolute atomic E-state index is 0.0458. The highest BCUT2D eigenvalue weighted by molar-refractivity contribution is 7.45. The number of anilines is 1. The molecule has 13 nitrogen and oxygen atoms in total. The van der Waals surface area contributed by atoms with Crippen LogP contribution in [0.25, 0.3) is 21.9 Å². The average molecular weight is 571 g/mol. The number of hydrogen-bond donors (Lipinski definition) is 4. The standard InChI is InChI=1S/C26H31N6O7P/c1-14(2)37-25(35)15(3)31-40(39-19-10-6-8-16-7-4-5-9-17(16)19)36-12-20-18(33)11-21(38-20)32-13-28-22-23(32)29-26(27)30-24(22)34/h4-10,13-15,18,20-21,31,33H,11-12H2,1-3H3,(H3,27,29,30,34)/t15?,18-,20?,21?,40?/m1/s1. The normalized spacial score (nSPS) is 20.7. The zero-order chi connectivity index (χ0) is 28.4. The van der Waals surface area contributed by atoms with Gasteiger partial charge >= 0.3 is 14.5 Å². The van der Waals surface area contributed by atoms with Gasteiger partial charge in [0.05, 0.1) is 25.1 Å². The van der Waals surface area contributed by atoms with Crippen molar-refractivity contribution < 1.29 is 28.4 Å². The number of rotatable bonds is 10. The molecular formula is C26H31N6O7P. The Labute approximate surface area is 230 Å². The summed E-state index contributed by atoms with van der Waals surface area (Å²) in [7, 11) is -1.87. The van der Waals surface area contributed by atoms with Crippen molar-refractivity contribution in [1.29, 1.82) is 0 Å². The molecular weight excluding hydrogens is 539 g/mol. The Morgan fingerprint density at radius 1 is 1.27 bits per heavy atom. The molecule has 4 aromatic rings. The summed E-state index contributed by atoms with van der Waals surface area (Å²) in [5.74, 6) is 0.0781. The number of nitrogens with two attached hydrogens (primary N) is 1. The van der Waals surface area contributed by atoms with Gasteiger partial charge in [-0.15, -0.1) is 0 Å². The van der Waals surface area contributed by atoms with Crippen LogP contribution < -0.4 is 20.9 Å². The average Bonchev–Trinajstić information content (AvgIpc) is 3.50. The second kappa shape index (κ2) is 11.9. The van der Waals surface area contributed by atoms with Crippen molar-refractivity contribution in [2.24, 2.45) is 0 Å². The number of ether oxygens (including phenoxy) is 2. The zero-order valence-corrected chi connectivity index (χ0v) is 23.1. The van der Waals surface area contributed by atoms with Crippen LogP contribution in [0.3, 0.4) is 0 Å². The Balaban J connectivity index is 1.32. The largest absolute Gasteiger partial charge is 0.462 e. The van der Waals surface area contributed by atoms with E-state index in [4.69, 9.17) is 24.3 Å². The van der Waals surface area contributed by atoms with Gasteiger partial charge in [0.1, 0.15) is 24.1 Å². The van der Waals surface area contributed by atoms with Crippen molar-refractivity contribution >= 4 is 42.4 Å². The zero-order valence-electron chi connectivity index (χ0n) is 22.2. The Morgan fingerprint density at radius 3 is 2.85 bits per heavy atom. The molecule has 40 heavy (non-hydrogen) atoms. The molecule has 1 fully saturated rings. The molecule has 0 spiro atoms. The molecule has 14 heteroatoms. The van der Waals surface area contributed by atoms with Gasteiger partial charge in [0.15, 0.2) is 11.2 Å². The number of aliphatic hydroxyl groups is 1. The van der Waals surface area contributed by atoms with Gasteiger partial charge in [0.2, 0.25) is 5.95 Å². The topological polar surface area (TPSA) is 176 Å². The fourth-order valence-electron chi connectivity index (χ4n) is 4.33. The summed E-state index contributed by atoms with van der Waals surface area (Å²) in [6, 6.07) is 12.7. The molecule has 4 unspecified atom stereocenters. The number of fused-ring (bicyclic) bond motifs is 2. The van der Waals surface area contributed by atoms with E-state index in [9.17, 15) is 14.7 Å². The predicted octanol–water partition coefficient (Wildman–Crippen LogP) is 2.76. The molecule has 5 atom stereocenters. The quantitative estimate of drug-likeness (QED) is 0.163. The van der Waals surface area contributed by atoms with E-state index < -0.39 is 44.5 Å². The SMILES string of the molecule is CC(C)OC(=O)C(C)NP(OCC1OC(n2cnc3c(=O)[nH]c(N)nc32)C[C@H]1O)Oc1cccc2ccccc12. The van der Waals surface area contributed by atoms with Crippen LogP contribution in [0.4, 0.5) is 5.95 Å². The van der Waals surface area contributed by atoms with Gasteiger partial charge in [0, 0.05) is 11.8 Å². The molecule has 0 amide bonds. The third-order valence-electron chi connectivity index (χ3n) is 6.26. The number of carbonyl (C=O) groups excluding carboxylic acids is 1. The first kappa shape index (κ1) is 27.9. The number of aromatic amines is 1. The molecule has 2 aromatic carbocycles. The molecule has 5 rings (SSSR count). The van der Waals surface area contributed by atoms with E-state index in [0.29, 0.717) is 5.75 Å². The third kappa shape index (κ3) is 6.08. The van der Waals surface area contributed by atoms with Crippen molar-refractivity contribution in [1.82, 2.24) is 24.6 Å². The number of hydrogen-bond acceptors (Lipinski definition) is 11. The van der Waals surface area contributed by atoms with E-state index in [1.165, 1.54) is 6.33 Å². The van der Waals surface area contributed by atoms with Crippen molar-refractivity contribution in [2.75, 3.05) is 12.3 Å². The molecule has 1 aliphatic rings. The molecule has 1 aliphatic heterocycles. The highest BCUT2D eigenvalue weighted by Crippen LogP contribution is 2.41. The van der Waals surface area contributed by atoms with Crippen LogP contribution in [0.2, 0.25) is 0 Å². The van der Waals surface area contributed by atoms with E-state index in [1.807, 2.05) is 42.5 Å². The first-order valence-corrected chi connectivity index (χ1v) is 14.0.